The molecule has 3 aliphatic carbocycles. The predicted octanol–water partition coefficient (Wildman–Crippen LogP) is 10.1. The lowest BCUT2D eigenvalue weighted by molar-refractivity contribution is -0.280. The van der Waals surface area contributed by atoms with Gasteiger partial charge in [0.25, 0.3) is 0 Å². The van der Waals surface area contributed by atoms with Crippen LogP contribution in [0.25, 0.3) is 0 Å². The van der Waals surface area contributed by atoms with Crippen molar-refractivity contribution in [3.63, 3.8) is 0 Å². The highest BCUT2D eigenvalue weighted by Crippen LogP contribution is 2.45. The van der Waals surface area contributed by atoms with E-state index in [1.807, 2.05) is 0 Å². The van der Waals surface area contributed by atoms with Crippen LogP contribution in [-0.4, -0.2) is 12.3 Å². The highest BCUT2D eigenvalue weighted by atomic mass is 19.4. The fraction of sp³-hybridized carbons (Fsp3) is 0.724. The maximum atomic E-state index is 14.9. The van der Waals surface area contributed by atoms with Crippen molar-refractivity contribution in [3.05, 3.63) is 46.8 Å². The number of allylic oxidation sites excluding steroid dienone is 2. The van der Waals surface area contributed by atoms with Crippen molar-refractivity contribution in [2.45, 2.75) is 108 Å². The summed E-state index contributed by atoms with van der Waals surface area (Å²) in [7, 11) is 0. The Morgan fingerprint density at radius 2 is 1.26 bits per heavy atom. The van der Waals surface area contributed by atoms with Crippen LogP contribution in [-0.2, 0) is 10.8 Å². The Balaban J connectivity index is 1.34. The molecule has 0 bridgehead atoms. The van der Waals surface area contributed by atoms with E-state index in [2.05, 4.69) is 6.92 Å². The number of rotatable bonds is 6. The van der Waals surface area contributed by atoms with E-state index in [0.717, 1.165) is 43.7 Å². The molecular weight excluding hydrogens is 516 g/mol. The summed E-state index contributed by atoms with van der Waals surface area (Å²) in [5.74, 6) is -3.71. The smallest absolute Gasteiger partial charge is 0.313 e. The maximum absolute atomic E-state index is 14.9. The zero-order valence-electron chi connectivity index (χ0n) is 21.6. The van der Waals surface area contributed by atoms with Crippen LogP contribution in [0.2, 0.25) is 0 Å². The van der Waals surface area contributed by atoms with E-state index < -0.39 is 47.3 Å². The van der Waals surface area contributed by atoms with Crippen LogP contribution in [0.3, 0.4) is 0 Å². The van der Waals surface area contributed by atoms with Crippen LogP contribution in [0.5, 0.6) is 0 Å². The van der Waals surface area contributed by atoms with Crippen molar-refractivity contribution in [2.24, 2.45) is 23.7 Å². The Bertz CT molecular complexity index is 940. The van der Waals surface area contributed by atoms with E-state index in [4.69, 9.17) is 4.74 Å². The lowest BCUT2D eigenvalue weighted by atomic mass is 9.68. The molecule has 0 heterocycles. The Hall–Kier alpha value is -1.64. The van der Waals surface area contributed by atoms with Crippen LogP contribution >= 0.6 is 0 Å². The lowest BCUT2D eigenvalue weighted by Gasteiger charge is -2.37. The summed E-state index contributed by atoms with van der Waals surface area (Å²) in [6, 6.07) is 1.98. The minimum Gasteiger partial charge on any atom is -0.313 e. The standard InChI is InChI=1S/C29H36F8O/c1-17-2-6-19(7-3-17)20-8-10-21(11-9-20)22-15-24(30)27(25(31)16-22)29(36,37)38-23-12-4-18(5-13-23)14-26(32)28(33,34)35/h14-21,23H,2-13H2,1H3. The second-order valence-corrected chi connectivity index (χ2v) is 11.7. The van der Waals surface area contributed by atoms with E-state index in [0.29, 0.717) is 23.5 Å². The monoisotopic (exact) mass is 552 g/mol. The van der Waals surface area contributed by atoms with Gasteiger partial charge in [0.05, 0.1) is 6.10 Å². The van der Waals surface area contributed by atoms with Gasteiger partial charge in [-0.05, 0) is 118 Å². The molecule has 3 saturated carbocycles. The molecule has 1 nitrogen and oxygen atoms in total. The van der Waals surface area contributed by atoms with Crippen LogP contribution in [0, 0.1) is 35.3 Å². The van der Waals surface area contributed by atoms with E-state index >= 15 is 0 Å². The van der Waals surface area contributed by atoms with Crippen LogP contribution in [0.15, 0.2) is 24.0 Å². The molecule has 9 heteroatoms. The van der Waals surface area contributed by atoms with Crippen molar-refractivity contribution in [1.29, 1.82) is 0 Å². The first kappa shape index (κ1) is 29.3. The first-order valence-electron chi connectivity index (χ1n) is 13.8. The molecule has 3 fully saturated rings. The second kappa shape index (κ2) is 11.8. The van der Waals surface area contributed by atoms with Crippen LogP contribution in [0.1, 0.15) is 101 Å². The van der Waals surface area contributed by atoms with E-state index in [9.17, 15) is 35.1 Å². The van der Waals surface area contributed by atoms with Crippen LogP contribution < -0.4 is 0 Å². The van der Waals surface area contributed by atoms with Gasteiger partial charge in [0.1, 0.15) is 17.2 Å². The fourth-order valence-corrected chi connectivity index (χ4v) is 6.73. The van der Waals surface area contributed by atoms with Crippen molar-refractivity contribution < 1.29 is 39.9 Å². The average molecular weight is 553 g/mol. The average Bonchev–Trinajstić information content (AvgIpc) is 2.84. The third-order valence-electron chi connectivity index (χ3n) is 9.01. The van der Waals surface area contributed by atoms with Crippen molar-refractivity contribution in [3.8, 4) is 0 Å². The molecule has 0 radical (unpaired) electrons. The summed E-state index contributed by atoms with van der Waals surface area (Å²) in [6.07, 6.45) is -1.72. The molecule has 0 aromatic heterocycles. The number of hydrogen-bond donors (Lipinski definition) is 0. The number of halogens is 8. The molecule has 0 amide bonds. The quantitative estimate of drug-likeness (QED) is 0.319. The zero-order chi connectivity index (χ0) is 27.7. The summed E-state index contributed by atoms with van der Waals surface area (Å²) < 4.78 is 115. The van der Waals surface area contributed by atoms with Crippen molar-refractivity contribution in [1.82, 2.24) is 0 Å². The molecule has 0 saturated heterocycles. The van der Waals surface area contributed by atoms with Gasteiger partial charge >= 0.3 is 12.3 Å². The summed E-state index contributed by atoms with van der Waals surface area (Å²) in [6.45, 7) is 2.28. The largest absolute Gasteiger partial charge is 0.442 e. The van der Waals surface area contributed by atoms with Gasteiger partial charge in [-0.1, -0.05) is 19.8 Å². The minimum absolute atomic E-state index is 0.00327. The molecule has 0 atom stereocenters. The van der Waals surface area contributed by atoms with E-state index in [1.165, 1.54) is 25.7 Å². The molecule has 38 heavy (non-hydrogen) atoms. The lowest BCUT2D eigenvalue weighted by Crippen LogP contribution is -2.31. The third-order valence-corrected chi connectivity index (χ3v) is 9.01. The maximum Gasteiger partial charge on any atom is 0.442 e. The Morgan fingerprint density at radius 3 is 1.76 bits per heavy atom. The van der Waals surface area contributed by atoms with Gasteiger partial charge in [-0.15, -0.1) is 0 Å². The van der Waals surface area contributed by atoms with Gasteiger partial charge < -0.3 is 4.74 Å². The molecule has 4 rings (SSSR count). The number of ether oxygens (including phenoxy) is 1. The van der Waals surface area contributed by atoms with Gasteiger partial charge in [-0.3, -0.25) is 0 Å². The highest BCUT2D eigenvalue weighted by Gasteiger charge is 2.43. The zero-order valence-corrected chi connectivity index (χ0v) is 21.6. The first-order valence-corrected chi connectivity index (χ1v) is 13.8. The van der Waals surface area contributed by atoms with E-state index in [-0.39, 0.29) is 31.6 Å². The fourth-order valence-electron chi connectivity index (χ4n) is 6.73. The molecule has 0 unspecified atom stereocenters. The topological polar surface area (TPSA) is 9.23 Å². The normalized spacial score (nSPS) is 31.9. The van der Waals surface area contributed by atoms with E-state index in [1.54, 1.807) is 0 Å². The van der Waals surface area contributed by atoms with Gasteiger partial charge in [0.2, 0.25) is 0 Å². The summed E-state index contributed by atoms with van der Waals surface area (Å²) in [5.41, 5.74) is -1.06. The first-order chi connectivity index (χ1) is 17.8. The molecule has 1 aromatic carbocycles. The summed E-state index contributed by atoms with van der Waals surface area (Å²) in [5, 5.41) is 0. The van der Waals surface area contributed by atoms with Gasteiger partial charge in [-0.2, -0.15) is 22.0 Å². The second-order valence-electron chi connectivity index (χ2n) is 11.7. The van der Waals surface area contributed by atoms with Crippen molar-refractivity contribution >= 4 is 0 Å². The molecular formula is C29H36F8O. The van der Waals surface area contributed by atoms with Gasteiger partial charge in [0, 0.05) is 0 Å². The van der Waals surface area contributed by atoms with Crippen molar-refractivity contribution in [2.75, 3.05) is 0 Å². The third kappa shape index (κ3) is 7.11. The highest BCUT2D eigenvalue weighted by molar-refractivity contribution is 5.31. The summed E-state index contributed by atoms with van der Waals surface area (Å²) in [4.78, 5) is 0. The molecule has 0 aliphatic heterocycles. The van der Waals surface area contributed by atoms with Gasteiger partial charge in [-0.25, -0.2) is 13.2 Å². The Morgan fingerprint density at radius 1 is 0.763 bits per heavy atom. The molecule has 1 aromatic rings. The number of hydrogen-bond acceptors (Lipinski definition) is 1. The molecule has 214 valence electrons. The number of benzene rings is 1. The SMILES string of the molecule is CC1CCC(C2CCC(c3cc(F)c(C(F)(F)OC4CCC(C=C(F)C(F)(F)F)CC4)c(F)c3)CC2)CC1. The molecule has 0 N–H and O–H groups in total. The summed E-state index contributed by atoms with van der Waals surface area (Å²) >= 11 is 0. The minimum atomic E-state index is -5.09. The predicted molar refractivity (Wildman–Crippen MR) is 128 cm³/mol. The number of alkyl halides is 5. The molecule has 0 spiro atoms. The molecule has 3 aliphatic rings. The Labute approximate surface area is 219 Å². The van der Waals surface area contributed by atoms with Gasteiger partial charge in [0.15, 0.2) is 5.83 Å². The Kier molecular flexibility index (Phi) is 9.15. The van der Waals surface area contributed by atoms with Crippen LogP contribution in [0.4, 0.5) is 35.1 Å².